The number of amides is 1. The molecule has 1 aliphatic carbocycles. The van der Waals surface area contributed by atoms with Gasteiger partial charge in [-0.2, -0.15) is 0 Å². The summed E-state index contributed by atoms with van der Waals surface area (Å²) < 4.78 is 5.94. The molecule has 0 aliphatic heterocycles. The summed E-state index contributed by atoms with van der Waals surface area (Å²) >= 11 is 0. The van der Waals surface area contributed by atoms with Crippen molar-refractivity contribution in [3.05, 3.63) is 59.9 Å². The summed E-state index contributed by atoms with van der Waals surface area (Å²) in [6, 6.07) is 11.5. The third-order valence-corrected chi connectivity index (χ3v) is 4.44. The molecule has 1 heterocycles. The first kappa shape index (κ1) is 22.9. The molecule has 1 aromatic carbocycles. The van der Waals surface area contributed by atoms with E-state index in [0.29, 0.717) is 31.2 Å². The molecule has 8 heteroatoms. The fraction of sp³-hybridized carbons (Fsp3) is 0.381. The van der Waals surface area contributed by atoms with Gasteiger partial charge in [-0.1, -0.05) is 18.2 Å². The highest BCUT2D eigenvalue weighted by molar-refractivity contribution is 14.0. The van der Waals surface area contributed by atoms with E-state index in [0.717, 1.165) is 23.8 Å². The minimum absolute atomic E-state index is 0. The average molecular weight is 509 g/mol. The Bertz CT molecular complexity index is 797. The molecule has 0 spiro atoms. The number of pyridine rings is 1. The van der Waals surface area contributed by atoms with Crippen molar-refractivity contribution in [1.82, 2.24) is 20.9 Å². The number of guanidine groups is 1. The fourth-order valence-electron chi connectivity index (χ4n) is 2.64. The zero-order chi connectivity index (χ0) is 19.6. The molecule has 7 nitrogen and oxygen atoms in total. The smallest absolute Gasteiger partial charge is 0.252 e. The molecular formula is C21H28IN5O2. The van der Waals surface area contributed by atoms with Crippen molar-refractivity contribution in [2.24, 2.45) is 10.9 Å². The number of carbonyl (C=O) groups excluding carboxylic acids is 1. The van der Waals surface area contributed by atoms with Gasteiger partial charge in [-0.25, -0.2) is 0 Å². The van der Waals surface area contributed by atoms with E-state index in [1.807, 2.05) is 18.2 Å². The predicted molar refractivity (Wildman–Crippen MR) is 125 cm³/mol. The zero-order valence-electron chi connectivity index (χ0n) is 16.6. The van der Waals surface area contributed by atoms with Gasteiger partial charge in [0.1, 0.15) is 5.75 Å². The molecule has 0 unspecified atom stereocenters. The third kappa shape index (κ3) is 7.88. The number of ether oxygens (including phenoxy) is 1. The first-order valence-electron chi connectivity index (χ1n) is 9.59. The van der Waals surface area contributed by atoms with Crippen molar-refractivity contribution in [2.75, 3.05) is 26.7 Å². The Morgan fingerprint density at radius 1 is 1.14 bits per heavy atom. The molecule has 1 aliphatic rings. The van der Waals surface area contributed by atoms with Crippen molar-refractivity contribution in [3.63, 3.8) is 0 Å². The van der Waals surface area contributed by atoms with E-state index in [1.165, 1.54) is 12.8 Å². The highest BCUT2D eigenvalue weighted by Gasteiger charge is 2.22. The van der Waals surface area contributed by atoms with Crippen molar-refractivity contribution < 1.29 is 9.53 Å². The van der Waals surface area contributed by atoms with E-state index in [9.17, 15) is 4.79 Å². The average Bonchev–Trinajstić information content (AvgIpc) is 3.57. The molecule has 3 rings (SSSR count). The number of benzene rings is 1. The number of nitrogens with zero attached hydrogens (tertiary/aromatic N) is 2. The van der Waals surface area contributed by atoms with E-state index >= 15 is 0 Å². The van der Waals surface area contributed by atoms with Crippen LogP contribution in [0.5, 0.6) is 5.75 Å². The predicted octanol–water partition coefficient (Wildman–Crippen LogP) is 2.58. The molecular weight excluding hydrogens is 481 g/mol. The van der Waals surface area contributed by atoms with Gasteiger partial charge in [-0.3, -0.25) is 14.8 Å². The number of para-hydroxylation sites is 1. The number of carbonyl (C=O) groups is 1. The number of halogens is 1. The van der Waals surface area contributed by atoms with Gasteiger partial charge >= 0.3 is 0 Å². The second-order valence-electron chi connectivity index (χ2n) is 6.71. The van der Waals surface area contributed by atoms with Gasteiger partial charge in [0, 0.05) is 44.6 Å². The Morgan fingerprint density at radius 2 is 1.93 bits per heavy atom. The van der Waals surface area contributed by atoms with Crippen LogP contribution in [0.4, 0.5) is 0 Å². The maximum atomic E-state index is 12.0. The molecule has 2 aromatic rings. The number of aliphatic imine (C=N–C) groups is 1. The van der Waals surface area contributed by atoms with Crippen LogP contribution in [0.15, 0.2) is 53.8 Å². The van der Waals surface area contributed by atoms with Crippen LogP contribution in [0.3, 0.4) is 0 Å². The lowest BCUT2D eigenvalue weighted by atomic mass is 10.2. The van der Waals surface area contributed by atoms with Crippen LogP contribution in [0.25, 0.3) is 0 Å². The number of hydrogen-bond acceptors (Lipinski definition) is 4. The Kier molecular flexibility index (Phi) is 9.69. The second-order valence-corrected chi connectivity index (χ2v) is 6.71. The summed E-state index contributed by atoms with van der Waals surface area (Å²) in [5.74, 6) is 2.17. The lowest BCUT2D eigenvalue weighted by Gasteiger charge is -2.15. The normalized spacial score (nSPS) is 13.2. The van der Waals surface area contributed by atoms with Crippen molar-refractivity contribution >= 4 is 35.8 Å². The van der Waals surface area contributed by atoms with Crippen LogP contribution in [0, 0.1) is 5.92 Å². The van der Waals surface area contributed by atoms with Crippen LogP contribution in [0.2, 0.25) is 0 Å². The lowest BCUT2D eigenvalue weighted by Crippen LogP contribution is -2.41. The maximum absolute atomic E-state index is 12.0. The molecule has 0 radical (unpaired) electrons. The summed E-state index contributed by atoms with van der Waals surface area (Å²) in [6.07, 6.45) is 5.73. The number of aromatic nitrogens is 1. The van der Waals surface area contributed by atoms with Gasteiger partial charge in [-0.05, 0) is 37.0 Å². The van der Waals surface area contributed by atoms with Crippen LogP contribution in [-0.4, -0.2) is 43.6 Å². The van der Waals surface area contributed by atoms with Crippen LogP contribution < -0.4 is 20.7 Å². The largest absolute Gasteiger partial charge is 0.493 e. The molecule has 1 fully saturated rings. The molecule has 0 atom stereocenters. The Balaban J connectivity index is 0.00000300. The Labute approximate surface area is 188 Å². The third-order valence-electron chi connectivity index (χ3n) is 4.44. The molecule has 29 heavy (non-hydrogen) atoms. The first-order chi connectivity index (χ1) is 13.8. The molecule has 0 saturated heterocycles. The molecule has 1 amide bonds. The second kappa shape index (κ2) is 12.3. The minimum Gasteiger partial charge on any atom is -0.493 e. The molecule has 1 saturated carbocycles. The highest BCUT2D eigenvalue weighted by Crippen LogP contribution is 2.30. The summed E-state index contributed by atoms with van der Waals surface area (Å²) in [6.45, 7) is 2.45. The van der Waals surface area contributed by atoms with E-state index in [2.05, 4.69) is 32.0 Å². The maximum Gasteiger partial charge on any atom is 0.252 e. The Morgan fingerprint density at radius 3 is 2.66 bits per heavy atom. The van der Waals surface area contributed by atoms with Gasteiger partial charge in [0.05, 0.1) is 12.2 Å². The van der Waals surface area contributed by atoms with Crippen LogP contribution in [0.1, 0.15) is 28.8 Å². The quantitative estimate of drug-likeness (QED) is 0.210. The summed E-state index contributed by atoms with van der Waals surface area (Å²) in [5, 5.41) is 9.33. The van der Waals surface area contributed by atoms with Gasteiger partial charge in [0.2, 0.25) is 0 Å². The van der Waals surface area contributed by atoms with Gasteiger partial charge in [0.15, 0.2) is 5.96 Å². The van der Waals surface area contributed by atoms with E-state index < -0.39 is 0 Å². The van der Waals surface area contributed by atoms with Crippen molar-refractivity contribution in [3.8, 4) is 5.75 Å². The topological polar surface area (TPSA) is 87.6 Å². The summed E-state index contributed by atoms with van der Waals surface area (Å²) in [5.41, 5.74) is 1.64. The van der Waals surface area contributed by atoms with Crippen molar-refractivity contribution in [1.29, 1.82) is 0 Å². The van der Waals surface area contributed by atoms with E-state index in [-0.39, 0.29) is 29.9 Å². The molecule has 1 aromatic heterocycles. The SMILES string of the molecule is CN=C(NCCNC(=O)c1cccnc1)NCc1ccccc1OCC1CC1.I. The molecule has 3 N–H and O–H groups in total. The molecule has 156 valence electrons. The number of nitrogens with one attached hydrogen (secondary N) is 3. The van der Waals surface area contributed by atoms with Crippen molar-refractivity contribution in [2.45, 2.75) is 19.4 Å². The van der Waals surface area contributed by atoms with Gasteiger partial charge in [0.25, 0.3) is 5.91 Å². The number of rotatable bonds is 9. The van der Waals surface area contributed by atoms with Crippen LogP contribution >= 0.6 is 24.0 Å². The zero-order valence-corrected chi connectivity index (χ0v) is 18.9. The standard InChI is InChI=1S/C21H27N5O2.HI/c1-22-21(25-12-11-24-20(27)18-6-4-10-23-13-18)26-14-17-5-2-3-7-19(17)28-15-16-8-9-16;/h2-7,10,13,16H,8-9,11-12,14-15H2,1H3,(H,24,27)(H2,22,25,26);1H. The summed E-state index contributed by atoms with van der Waals surface area (Å²) in [4.78, 5) is 20.2. The molecule has 0 bridgehead atoms. The summed E-state index contributed by atoms with van der Waals surface area (Å²) in [7, 11) is 1.72. The highest BCUT2D eigenvalue weighted by atomic mass is 127. The van der Waals surface area contributed by atoms with Gasteiger partial charge in [-0.15, -0.1) is 24.0 Å². The van der Waals surface area contributed by atoms with Crippen LogP contribution in [-0.2, 0) is 6.54 Å². The van der Waals surface area contributed by atoms with Gasteiger partial charge < -0.3 is 20.7 Å². The first-order valence-corrected chi connectivity index (χ1v) is 9.59. The van der Waals surface area contributed by atoms with E-state index in [1.54, 1.807) is 31.6 Å². The number of hydrogen-bond donors (Lipinski definition) is 3. The lowest BCUT2D eigenvalue weighted by molar-refractivity contribution is 0.0954. The Hall–Kier alpha value is -2.36. The fourth-order valence-corrected chi connectivity index (χ4v) is 2.64. The minimum atomic E-state index is -0.139. The monoisotopic (exact) mass is 509 g/mol. The van der Waals surface area contributed by atoms with E-state index in [4.69, 9.17) is 4.74 Å².